The summed E-state index contributed by atoms with van der Waals surface area (Å²) in [5.41, 5.74) is 1.16. The molecule has 17 heavy (non-hydrogen) atoms. The van der Waals surface area contributed by atoms with E-state index in [2.05, 4.69) is 19.1 Å². The first-order valence-electron chi connectivity index (χ1n) is 5.90. The van der Waals surface area contributed by atoms with E-state index >= 15 is 0 Å². The van der Waals surface area contributed by atoms with Gasteiger partial charge in [0.05, 0.1) is 7.11 Å². The fourth-order valence-corrected chi connectivity index (χ4v) is 1.77. The third-order valence-corrected chi connectivity index (χ3v) is 2.83. The van der Waals surface area contributed by atoms with Crippen molar-refractivity contribution in [3.05, 3.63) is 47.7 Å². The maximum Gasteiger partial charge on any atom is 0.169 e. The molecule has 1 unspecified atom stereocenters. The fraction of sp³-hybridized carbons (Fsp3) is 0.333. The number of hydrogen-bond donors (Lipinski definition) is 0. The Morgan fingerprint density at radius 1 is 1.24 bits per heavy atom. The molecule has 2 rings (SSSR count). The molecule has 0 radical (unpaired) electrons. The van der Waals surface area contributed by atoms with Gasteiger partial charge in [-0.1, -0.05) is 19.1 Å². The van der Waals surface area contributed by atoms with E-state index < -0.39 is 0 Å². The summed E-state index contributed by atoms with van der Waals surface area (Å²) < 4.78 is 11.1. The molecule has 2 heteroatoms. The van der Waals surface area contributed by atoms with Crippen LogP contribution in [-0.2, 0) is 0 Å². The molecular weight excluding hydrogens is 212 g/mol. The quantitative estimate of drug-likeness (QED) is 0.785. The van der Waals surface area contributed by atoms with Crippen molar-refractivity contribution in [1.82, 2.24) is 0 Å². The molecular formula is C15H18O2. The number of aryl methyl sites for hydroxylation is 1. The molecule has 1 atom stereocenters. The van der Waals surface area contributed by atoms with E-state index in [9.17, 15) is 0 Å². The number of hydrogen-bond acceptors (Lipinski definition) is 2. The first-order valence-corrected chi connectivity index (χ1v) is 5.90. The zero-order valence-corrected chi connectivity index (χ0v) is 10.6. The van der Waals surface area contributed by atoms with E-state index in [-0.39, 0.29) is 0 Å². The van der Waals surface area contributed by atoms with Gasteiger partial charge in [-0.15, -0.1) is 0 Å². The monoisotopic (exact) mass is 230 g/mol. The summed E-state index contributed by atoms with van der Waals surface area (Å²) in [4.78, 5) is 0. The van der Waals surface area contributed by atoms with Gasteiger partial charge in [-0.05, 0) is 49.1 Å². The number of rotatable bonds is 3. The standard InChI is InChI=1S/C15H18O2/c1-11-4-7-13(8-5-11)17-14-9-6-12(2)10-15(14)16-3/h4,6-11H,5H2,1-3H3. The highest BCUT2D eigenvalue weighted by Crippen LogP contribution is 2.30. The lowest BCUT2D eigenvalue weighted by Gasteiger charge is -2.15. The highest BCUT2D eigenvalue weighted by molar-refractivity contribution is 5.44. The van der Waals surface area contributed by atoms with Gasteiger partial charge in [-0.3, -0.25) is 0 Å². The van der Waals surface area contributed by atoms with Gasteiger partial charge in [-0.2, -0.15) is 0 Å². The van der Waals surface area contributed by atoms with Crippen LogP contribution in [0.5, 0.6) is 11.5 Å². The van der Waals surface area contributed by atoms with Crippen molar-refractivity contribution in [3.63, 3.8) is 0 Å². The predicted molar refractivity (Wildman–Crippen MR) is 69.4 cm³/mol. The molecule has 0 heterocycles. The van der Waals surface area contributed by atoms with Crippen molar-refractivity contribution < 1.29 is 9.47 Å². The number of ether oxygens (including phenoxy) is 2. The Morgan fingerprint density at radius 2 is 2.06 bits per heavy atom. The molecule has 0 bridgehead atoms. The minimum absolute atomic E-state index is 0.599. The Bertz CT molecular complexity index is 458. The summed E-state index contributed by atoms with van der Waals surface area (Å²) >= 11 is 0. The molecule has 0 fully saturated rings. The summed E-state index contributed by atoms with van der Waals surface area (Å²) in [6.07, 6.45) is 7.33. The lowest BCUT2D eigenvalue weighted by molar-refractivity contribution is 0.365. The summed E-state index contributed by atoms with van der Waals surface area (Å²) in [5.74, 6) is 3.04. The van der Waals surface area contributed by atoms with Crippen LogP contribution in [0.2, 0.25) is 0 Å². The number of allylic oxidation sites excluding steroid dienone is 3. The molecule has 0 aromatic heterocycles. The average Bonchev–Trinajstić information content (AvgIpc) is 2.34. The molecule has 2 nitrogen and oxygen atoms in total. The van der Waals surface area contributed by atoms with Crippen molar-refractivity contribution >= 4 is 0 Å². The van der Waals surface area contributed by atoms with Gasteiger partial charge < -0.3 is 9.47 Å². The van der Waals surface area contributed by atoms with E-state index in [1.165, 1.54) is 0 Å². The summed E-state index contributed by atoms with van der Waals surface area (Å²) in [6, 6.07) is 5.94. The van der Waals surface area contributed by atoms with Crippen LogP contribution in [0.15, 0.2) is 42.2 Å². The van der Waals surface area contributed by atoms with E-state index in [0.29, 0.717) is 5.92 Å². The second kappa shape index (κ2) is 5.09. The maximum atomic E-state index is 5.83. The van der Waals surface area contributed by atoms with Gasteiger partial charge in [0.1, 0.15) is 5.76 Å². The normalized spacial score (nSPS) is 18.8. The zero-order valence-electron chi connectivity index (χ0n) is 10.6. The molecule has 1 aromatic carbocycles. The largest absolute Gasteiger partial charge is 0.493 e. The highest BCUT2D eigenvalue weighted by Gasteiger charge is 2.09. The lowest BCUT2D eigenvalue weighted by Crippen LogP contribution is -2.01. The molecule has 90 valence electrons. The zero-order chi connectivity index (χ0) is 12.3. The van der Waals surface area contributed by atoms with Gasteiger partial charge in [0, 0.05) is 0 Å². The van der Waals surface area contributed by atoms with Crippen LogP contribution in [0.3, 0.4) is 0 Å². The van der Waals surface area contributed by atoms with Crippen LogP contribution >= 0.6 is 0 Å². The first kappa shape index (κ1) is 11.8. The molecule has 0 spiro atoms. The Kier molecular flexibility index (Phi) is 3.52. The van der Waals surface area contributed by atoms with Crippen molar-refractivity contribution in [2.45, 2.75) is 20.3 Å². The molecule has 0 aliphatic heterocycles. The van der Waals surface area contributed by atoms with Gasteiger partial charge >= 0.3 is 0 Å². The molecule has 0 saturated carbocycles. The molecule has 1 aliphatic carbocycles. The smallest absolute Gasteiger partial charge is 0.169 e. The van der Waals surface area contributed by atoms with Gasteiger partial charge in [0.15, 0.2) is 11.5 Å². The molecule has 0 amide bonds. The second-order valence-electron chi connectivity index (χ2n) is 4.43. The van der Waals surface area contributed by atoms with Crippen LogP contribution in [0, 0.1) is 12.8 Å². The number of benzene rings is 1. The van der Waals surface area contributed by atoms with E-state index in [4.69, 9.17) is 9.47 Å². The minimum Gasteiger partial charge on any atom is -0.493 e. The topological polar surface area (TPSA) is 18.5 Å². The maximum absolute atomic E-state index is 5.83. The first-order chi connectivity index (χ1) is 8.19. The molecule has 0 saturated heterocycles. The Hall–Kier alpha value is -1.70. The minimum atomic E-state index is 0.599. The van der Waals surface area contributed by atoms with Crippen molar-refractivity contribution in [2.75, 3.05) is 7.11 Å². The number of methoxy groups -OCH3 is 1. The van der Waals surface area contributed by atoms with E-state index in [0.717, 1.165) is 29.2 Å². The van der Waals surface area contributed by atoms with E-state index in [1.807, 2.05) is 31.2 Å². The molecule has 1 aromatic rings. The molecule has 0 N–H and O–H groups in total. The predicted octanol–water partition coefficient (Wildman–Crippen LogP) is 3.86. The van der Waals surface area contributed by atoms with Crippen molar-refractivity contribution in [3.8, 4) is 11.5 Å². The van der Waals surface area contributed by atoms with Gasteiger partial charge in [0.2, 0.25) is 0 Å². The SMILES string of the molecule is COc1cc(C)ccc1OC1=CCC(C)C=C1. The summed E-state index contributed by atoms with van der Waals surface area (Å²) in [5, 5.41) is 0. The van der Waals surface area contributed by atoms with Crippen LogP contribution in [0.4, 0.5) is 0 Å². The van der Waals surface area contributed by atoms with Crippen molar-refractivity contribution in [1.29, 1.82) is 0 Å². The van der Waals surface area contributed by atoms with Crippen LogP contribution in [0.1, 0.15) is 18.9 Å². The van der Waals surface area contributed by atoms with Gasteiger partial charge in [0.25, 0.3) is 0 Å². The molecule has 1 aliphatic rings. The third kappa shape index (κ3) is 2.90. The van der Waals surface area contributed by atoms with E-state index in [1.54, 1.807) is 7.11 Å². The Morgan fingerprint density at radius 3 is 2.71 bits per heavy atom. The summed E-state index contributed by atoms with van der Waals surface area (Å²) in [6.45, 7) is 4.23. The lowest BCUT2D eigenvalue weighted by atomic mass is 10.0. The van der Waals surface area contributed by atoms with Crippen LogP contribution < -0.4 is 9.47 Å². The fourth-order valence-electron chi connectivity index (χ4n) is 1.77. The average molecular weight is 230 g/mol. The third-order valence-electron chi connectivity index (χ3n) is 2.83. The van der Waals surface area contributed by atoms with Crippen LogP contribution in [0.25, 0.3) is 0 Å². The van der Waals surface area contributed by atoms with Crippen LogP contribution in [-0.4, -0.2) is 7.11 Å². The Balaban J connectivity index is 2.16. The Labute approximate surface area is 103 Å². The second-order valence-corrected chi connectivity index (χ2v) is 4.43. The summed E-state index contributed by atoms with van der Waals surface area (Å²) in [7, 11) is 1.66. The van der Waals surface area contributed by atoms with Gasteiger partial charge in [-0.25, -0.2) is 0 Å². The van der Waals surface area contributed by atoms with Crippen molar-refractivity contribution in [2.24, 2.45) is 5.92 Å². The highest BCUT2D eigenvalue weighted by atomic mass is 16.5.